The minimum atomic E-state index is 0.334. The van der Waals surface area contributed by atoms with E-state index in [-0.39, 0.29) is 0 Å². The van der Waals surface area contributed by atoms with Crippen LogP contribution >= 0.6 is 23.2 Å². The molecule has 1 aliphatic rings. The summed E-state index contributed by atoms with van der Waals surface area (Å²) in [4.78, 5) is 0. The van der Waals surface area contributed by atoms with Gasteiger partial charge in [-0.15, -0.1) is 0 Å². The molecule has 14 heavy (non-hydrogen) atoms. The molecule has 0 amide bonds. The van der Waals surface area contributed by atoms with Crippen LogP contribution in [0.2, 0.25) is 10.0 Å². The number of nitrogens with two attached hydrogens (primary N) is 1. The van der Waals surface area contributed by atoms with Crippen molar-refractivity contribution in [3.8, 4) is 0 Å². The standard InChI is InChI=1S/C10H12Cl2N2/c11-9-6(8-2-1-5-14-8)3-4-7(13)10(9)12/h3-4,8,14H,1-2,5,13H2/t8-/m0/s1. The highest BCUT2D eigenvalue weighted by atomic mass is 35.5. The number of nitrogens with one attached hydrogen (secondary N) is 1. The first-order chi connectivity index (χ1) is 6.70. The average Bonchev–Trinajstić information content (AvgIpc) is 2.67. The van der Waals surface area contributed by atoms with E-state index in [9.17, 15) is 0 Å². The molecule has 1 aromatic rings. The van der Waals surface area contributed by atoms with E-state index in [4.69, 9.17) is 28.9 Å². The molecule has 2 nitrogen and oxygen atoms in total. The van der Waals surface area contributed by atoms with E-state index in [0.717, 1.165) is 18.5 Å². The zero-order chi connectivity index (χ0) is 10.1. The molecule has 0 bridgehead atoms. The zero-order valence-corrected chi connectivity index (χ0v) is 9.20. The summed E-state index contributed by atoms with van der Waals surface area (Å²) in [5.41, 5.74) is 7.25. The Balaban J connectivity index is 2.38. The fourth-order valence-corrected chi connectivity index (χ4v) is 2.27. The summed E-state index contributed by atoms with van der Waals surface area (Å²) in [5.74, 6) is 0. The van der Waals surface area contributed by atoms with Crippen molar-refractivity contribution in [3.05, 3.63) is 27.7 Å². The Bertz CT molecular complexity index is 346. The van der Waals surface area contributed by atoms with Crippen LogP contribution in [0.4, 0.5) is 5.69 Å². The summed E-state index contributed by atoms with van der Waals surface area (Å²) >= 11 is 12.1. The molecule has 2 rings (SSSR count). The van der Waals surface area contributed by atoms with Crippen molar-refractivity contribution >= 4 is 28.9 Å². The van der Waals surface area contributed by atoms with Crippen molar-refractivity contribution in [1.29, 1.82) is 0 Å². The lowest BCUT2D eigenvalue weighted by molar-refractivity contribution is 0.648. The topological polar surface area (TPSA) is 38.0 Å². The molecule has 4 heteroatoms. The van der Waals surface area contributed by atoms with Crippen molar-refractivity contribution in [2.75, 3.05) is 12.3 Å². The monoisotopic (exact) mass is 230 g/mol. The first-order valence-corrected chi connectivity index (χ1v) is 5.42. The summed E-state index contributed by atoms with van der Waals surface area (Å²) in [5, 5.41) is 4.44. The van der Waals surface area contributed by atoms with Gasteiger partial charge in [0.05, 0.1) is 15.7 Å². The Morgan fingerprint density at radius 3 is 2.71 bits per heavy atom. The van der Waals surface area contributed by atoms with Gasteiger partial charge in [-0.3, -0.25) is 0 Å². The number of rotatable bonds is 1. The lowest BCUT2D eigenvalue weighted by Crippen LogP contribution is -2.13. The Morgan fingerprint density at radius 2 is 2.07 bits per heavy atom. The average molecular weight is 231 g/mol. The zero-order valence-electron chi connectivity index (χ0n) is 7.69. The van der Waals surface area contributed by atoms with Crippen LogP contribution in [0.25, 0.3) is 0 Å². The number of halogens is 2. The normalized spacial score (nSPS) is 21.4. The predicted molar refractivity (Wildman–Crippen MR) is 60.9 cm³/mol. The van der Waals surface area contributed by atoms with E-state index in [2.05, 4.69) is 5.32 Å². The summed E-state index contributed by atoms with van der Waals surface area (Å²) in [6.45, 7) is 1.04. The second-order valence-corrected chi connectivity index (χ2v) is 4.28. The van der Waals surface area contributed by atoms with Crippen molar-refractivity contribution in [1.82, 2.24) is 5.32 Å². The molecule has 1 atom stereocenters. The highest BCUT2D eigenvalue weighted by molar-refractivity contribution is 6.44. The van der Waals surface area contributed by atoms with Crippen LogP contribution < -0.4 is 11.1 Å². The lowest BCUT2D eigenvalue weighted by Gasteiger charge is -2.14. The van der Waals surface area contributed by atoms with Crippen molar-refractivity contribution in [2.45, 2.75) is 18.9 Å². The summed E-state index contributed by atoms with van der Waals surface area (Å²) in [6.07, 6.45) is 2.29. The molecule has 0 aliphatic carbocycles. The molecule has 3 N–H and O–H groups in total. The Morgan fingerprint density at radius 1 is 1.29 bits per heavy atom. The van der Waals surface area contributed by atoms with Crippen LogP contribution in [0.5, 0.6) is 0 Å². The molecular formula is C10H12Cl2N2. The fraction of sp³-hybridized carbons (Fsp3) is 0.400. The maximum atomic E-state index is 6.13. The molecule has 0 unspecified atom stereocenters. The summed E-state index contributed by atoms with van der Waals surface area (Å²) < 4.78 is 0. The highest BCUT2D eigenvalue weighted by Gasteiger charge is 2.20. The largest absolute Gasteiger partial charge is 0.397 e. The second kappa shape index (κ2) is 3.97. The van der Waals surface area contributed by atoms with E-state index in [1.165, 1.54) is 6.42 Å². The van der Waals surface area contributed by atoms with Crippen LogP contribution in [0.15, 0.2) is 12.1 Å². The first kappa shape index (κ1) is 10.1. The fourth-order valence-electron chi connectivity index (χ4n) is 1.80. The predicted octanol–water partition coefficient (Wildman–Crippen LogP) is 3.00. The molecule has 1 saturated heterocycles. The summed E-state index contributed by atoms with van der Waals surface area (Å²) in [7, 11) is 0. The smallest absolute Gasteiger partial charge is 0.0824 e. The number of anilines is 1. The number of hydrogen-bond acceptors (Lipinski definition) is 2. The van der Waals surface area contributed by atoms with Gasteiger partial charge in [0.1, 0.15) is 0 Å². The molecular weight excluding hydrogens is 219 g/mol. The van der Waals surface area contributed by atoms with Gasteiger partial charge in [-0.1, -0.05) is 29.3 Å². The van der Waals surface area contributed by atoms with Gasteiger partial charge in [0.15, 0.2) is 0 Å². The van der Waals surface area contributed by atoms with E-state index in [1.54, 1.807) is 0 Å². The third-order valence-electron chi connectivity index (χ3n) is 2.58. The van der Waals surface area contributed by atoms with Gasteiger partial charge in [-0.2, -0.15) is 0 Å². The van der Waals surface area contributed by atoms with Gasteiger partial charge in [0, 0.05) is 6.04 Å². The Kier molecular flexibility index (Phi) is 2.86. The molecule has 76 valence electrons. The van der Waals surface area contributed by atoms with E-state index in [0.29, 0.717) is 21.8 Å². The maximum Gasteiger partial charge on any atom is 0.0824 e. The van der Waals surface area contributed by atoms with Crippen LogP contribution in [0, 0.1) is 0 Å². The number of hydrogen-bond donors (Lipinski definition) is 2. The Labute approximate surface area is 93.4 Å². The van der Waals surface area contributed by atoms with Gasteiger partial charge in [-0.05, 0) is 31.0 Å². The summed E-state index contributed by atoms with van der Waals surface area (Å²) in [6, 6.07) is 4.09. The van der Waals surface area contributed by atoms with E-state index in [1.807, 2.05) is 12.1 Å². The molecule has 0 aromatic heterocycles. The third kappa shape index (κ3) is 1.70. The van der Waals surface area contributed by atoms with Gasteiger partial charge >= 0.3 is 0 Å². The Hall–Kier alpha value is -0.440. The highest BCUT2D eigenvalue weighted by Crippen LogP contribution is 2.36. The minimum absolute atomic E-state index is 0.334. The third-order valence-corrected chi connectivity index (χ3v) is 3.49. The van der Waals surface area contributed by atoms with E-state index >= 15 is 0 Å². The molecule has 1 aromatic carbocycles. The molecule has 1 aliphatic heterocycles. The molecule has 1 heterocycles. The second-order valence-electron chi connectivity index (χ2n) is 3.52. The van der Waals surface area contributed by atoms with Gasteiger partial charge in [0.25, 0.3) is 0 Å². The van der Waals surface area contributed by atoms with Crippen LogP contribution in [0.3, 0.4) is 0 Å². The minimum Gasteiger partial charge on any atom is -0.397 e. The lowest BCUT2D eigenvalue weighted by atomic mass is 10.0. The molecule has 0 spiro atoms. The quantitative estimate of drug-likeness (QED) is 0.729. The van der Waals surface area contributed by atoms with Gasteiger partial charge in [0.2, 0.25) is 0 Å². The maximum absolute atomic E-state index is 6.13. The van der Waals surface area contributed by atoms with Crippen molar-refractivity contribution in [3.63, 3.8) is 0 Å². The van der Waals surface area contributed by atoms with Crippen LogP contribution in [-0.4, -0.2) is 6.54 Å². The SMILES string of the molecule is Nc1ccc([C@@H]2CCCN2)c(Cl)c1Cl. The molecule has 0 radical (unpaired) electrons. The van der Waals surface area contributed by atoms with Crippen molar-refractivity contribution < 1.29 is 0 Å². The first-order valence-electron chi connectivity index (χ1n) is 4.67. The molecule has 0 saturated carbocycles. The van der Waals surface area contributed by atoms with E-state index < -0.39 is 0 Å². The van der Waals surface area contributed by atoms with Crippen LogP contribution in [-0.2, 0) is 0 Å². The van der Waals surface area contributed by atoms with Crippen LogP contribution in [0.1, 0.15) is 24.4 Å². The molecule has 1 fully saturated rings. The van der Waals surface area contributed by atoms with Gasteiger partial charge in [-0.25, -0.2) is 0 Å². The van der Waals surface area contributed by atoms with Gasteiger partial charge < -0.3 is 11.1 Å². The van der Waals surface area contributed by atoms with Crippen molar-refractivity contribution in [2.24, 2.45) is 0 Å². The number of nitrogen functional groups attached to an aromatic ring is 1. The number of benzene rings is 1.